The van der Waals surface area contributed by atoms with Crippen LogP contribution in [0.4, 0.5) is 0 Å². The smallest absolute Gasteiger partial charge is 0.306 e. The maximum Gasteiger partial charge on any atom is 0.306 e. The molecule has 0 aliphatic carbocycles. The second-order valence-electron chi connectivity index (χ2n) is 16.8. The summed E-state index contributed by atoms with van der Waals surface area (Å²) < 4.78 is 33.9. The number of hydrogen-bond acceptors (Lipinski definition) is 8. The molecular formula is C47H88NO8P. The molecule has 0 heterocycles. The van der Waals surface area contributed by atoms with Gasteiger partial charge in [0.2, 0.25) is 0 Å². The van der Waals surface area contributed by atoms with Gasteiger partial charge in [0, 0.05) is 12.8 Å². The number of carbonyl (C=O) groups excluding carboxylic acids is 2. The Kier molecular flexibility index (Phi) is 38.4. The highest BCUT2D eigenvalue weighted by atomic mass is 31.2. The first-order chi connectivity index (χ1) is 27.5. The molecule has 0 fully saturated rings. The van der Waals surface area contributed by atoms with Crippen LogP contribution in [0, 0.1) is 0 Å². The van der Waals surface area contributed by atoms with Gasteiger partial charge < -0.3 is 27.9 Å². The highest BCUT2D eigenvalue weighted by Crippen LogP contribution is 2.38. The summed E-state index contributed by atoms with van der Waals surface area (Å²) in [6, 6.07) is 0. The van der Waals surface area contributed by atoms with Crippen LogP contribution in [0.15, 0.2) is 36.5 Å². The average Bonchev–Trinajstić information content (AvgIpc) is 3.16. The molecule has 0 aromatic rings. The molecule has 2 atom stereocenters. The molecule has 334 valence electrons. The van der Waals surface area contributed by atoms with E-state index in [1.807, 2.05) is 21.1 Å². The lowest BCUT2D eigenvalue weighted by Crippen LogP contribution is -2.37. The lowest BCUT2D eigenvalue weighted by Gasteiger charge is -2.28. The van der Waals surface area contributed by atoms with E-state index in [4.69, 9.17) is 18.5 Å². The van der Waals surface area contributed by atoms with Crippen molar-refractivity contribution in [2.45, 2.75) is 206 Å². The van der Waals surface area contributed by atoms with Gasteiger partial charge in [-0.3, -0.25) is 14.2 Å². The van der Waals surface area contributed by atoms with E-state index in [2.05, 4.69) is 50.3 Å². The zero-order valence-corrected chi connectivity index (χ0v) is 38.4. The molecule has 0 aromatic carbocycles. The number of quaternary nitrogens is 1. The molecule has 2 unspecified atom stereocenters. The van der Waals surface area contributed by atoms with Crippen molar-refractivity contribution in [2.24, 2.45) is 0 Å². The van der Waals surface area contributed by atoms with E-state index in [0.29, 0.717) is 17.4 Å². The summed E-state index contributed by atoms with van der Waals surface area (Å²) >= 11 is 0. The van der Waals surface area contributed by atoms with Gasteiger partial charge in [-0.1, -0.05) is 159 Å². The Hall–Kier alpha value is -1.77. The molecule has 9 nitrogen and oxygen atoms in total. The first-order valence-corrected chi connectivity index (χ1v) is 24.7. The molecule has 10 heteroatoms. The monoisotopic (exact) mass is 826 g/mol. The third-order valence-electron chi connectivity index (χ3n) is 9.88. The Labute approximate surface area is 351 Å². The van der Waals surface area contributed by atoms with Gasteiger partial charge >= 0.3 is 11.9 Å². The Morgan fingerprint density at radius 3 is 1.46 bits per heavy atom. The van der Waals surface area contributed by atoms with Crippen LogP contribution in [-0.4, -0.2) is 70.0 Å². The minimum atomic E-state index is -4.63. The predicted molar refractivity (Wildman–Crippen MR) is 236 cm³/mol. The molecule has 0 bridgehead atoms. The molecule has 0 aliphatic rings. The zero-order valence-electron chi connectivity index (χ0n) is 37.5. The average molecular weight is 826 g/mol. The minimum Gasteiger partial charge on any atom is -0.756 e. The van der Waals surface area contributed by atoms with Crippen LogP contribution in [0.3, 0.4) is 0 Å². The van der Waals surface area contributed by atoms with Crippen molar-refractivity contribution in [3.63, 3.8) is 0 Å². The van der Waals surface area contributed by atoms with Gasteiger partial charge in [0.1, 0.15) is 19.8 Å². The van der Waals surface area contributed by atoms with Crippen molar-refractivity contribution >= 4 is 19.8 Å². The molecule has 0 radical (unpaired) electrons. The van der Waals surface area contributed by atoms with Crippen LogP contribution in [0.2, 0.25) is 0 Å². The lowest BCUT2D eigenvalue weighted by molar-refractivity contribution is -0.870. The van der Waals surface area contributed by atoms with Crippen LogP contribution in [0.1, 0.15) is 200 Å². The van der Waals surface area contributed by atoms with Crippen LogP contribution in [0.25, 0.3) is 0 Å². The maximum absolute atomic E-state index is 12.7. The topological polar surface area (TPSA) is 111 Å². The highest BCUT2D eigenvalue weighted by Gasteiger charge is 2.21. The number of nitrogens with zero attached hydrogens (tertiary/aromatic N) is 1. The van der Waals surface area contributed by atoms with Gasteiger partial charge in [-0.15, -0.1) is 0 Å². The number of hydrogen-bond donors (Lipinski definition) is 0. The fourth-order valence-corrected chi connectivity index (χ4v) is 6.92. The third-order valence-corrected chi connectivity index (χ3v) is 10.8. The Balaban J connectivity index is 4.31. The van der Waals surface area contributed by atoms with Crippen molar-refractivity contribution in [1.82, 2.24) is 0 Å². The Bertz CT molecular complexity index is 1070. The summed E-state index contributed by atoms with van der Waals surface area (Å²) in [5.74, 6) is -0.850. The summed E-state index contributed by atoms with van der Waals surface area (Å²) in [5.41, 5.74) is 0. The molecule has 57 heavy (non-hydrogen) atoms. The number of carbonyl (C=O) groups is 2. The summed E-state index contributed by atoms with van der Waals surface area (Å²) in [7, 11) is 1.15. The fourth-order valence-electron chi connectivity index (χ4n) is 6.19. The normalized spacial score (nSPS) is 13.9. The number of phosphoric acid groups is 1. The van der Waals surface area contributed by atoms with Crippen molar-refractivity contribution < 1.29 is 42.1 Å². The van der Waals surface area contributed by atoms with Crippen LogP contribution >= 0.6 is 7.82 Å². The number of esters is 2. The Morgan fingerprint density at radius 2 is 0.965 bits per heavy atom. The second kappa shape index (κ2) is 39.7. The van der Waals surface area contributed by atoms with Crippen molar-refractivity contribution in [2.75, 3.05) is 47.5 Å². The van der Waals surface area contributed by atoms with E-state index in [-0.39, 0.29) is 32.0 Å². The second-order valence-corrected chi connectivity index (χ2v) is 18.2. The van der Waals surface area contributed by atoms with E-state index in [9.17, 15) is 19.0 Å². The van der Waals surface area contributed by atoms with E-state index in [1.165, 1.54) is 103 Å². The fraction of sp³-hybridized carbons (Fsp3) is 0.830. The van der Waals surface area contributed by atoms with Crippen molar-refractivity contribution in [3.8, 4) is 0 Å². The van der Waals surface area contributed by atoms with Crippen LogP contribution < -0.4 is 4.89 Å². The molecule has 0 aliphatic heterocycles. The molecule has 0 spiro atoms. The summed E-state index contributed by atoms with van der Waals surface area (Å²) in [6.45, 7) is 4.17. The molecule has 0 amide bonds. The maximum atomic E-state index is 12.7. The minimum absolute atomic E-state index is 0.0340. The standard InChI is InChI=1S/C47H88NO8P/c1-6-8-10-12-14-16-18-20-22-23-24-25-26-28-29-31-33-35-37-39-46(49)53-43-45(44-55-57(51,52)54-42-41-48(3,4)5)56-47(50)40-38-36-34-32-30-27-21-19-17-15-13-11-9-7-2/h13,15,19-22,45H,6-12,14,16-18,23-44H2,1-5H3/b15-13-,21-19-,22-20-. The van der Waals surface area contributed by atoms with Crippen LogP contribution in [0.5, 0.6) is 0 Å². The highest BCUT2D eigenvalue weighted by molar-refractivity contribution is 7.45. The molecule has 0 saturated carbocycles. The van der Waals surface area contributed by atoms with E-state index < -0.39 is 26.5 Å². The van der Waals surface area contributed by atoms with Gasteiger partial charge in [-0.05, 0) is 64.2 Å². The van der Waals surface area contributed by atoms with E-state index >= 15 is 0 Å². The van der Waals surface area contributed by atoms with Crippen molar-refractivity contribution in [3.05, 3.63) is 36.5 Å². The summed E-state index contributed by atoms with van der Waals surface area (Å²) in [6.07, 6.45) is 44.5. The number of allylic oxidation sites excluding steroid dienone is 6. The first-order valence-electron chi connectivity index (χ1n) is 23.2. The van der Waals surface area contributed by atoms with Gasteiger partial charge in [-0.2, -0.15) is 0 Å². The van der Waals surface area contributed by atoms with Gasteiger partial charge in [0.15, 0.2) is 6.10 Å². The number of ether oxygens (including phenoxy) is 2. The SMILES string of the molecule is CCCC/C=C\C/C=C\CCCCCCCC(=O)OC(COC(=O)CCCCCCCCCCC/C=C\CCCCCCCC)COP(=O)([O-])OCC[N+](C)(C)C. The van der Waals surface area contributed by atoms with Gasteiger partial charge in [0.05, 0.1) is 27.7 Å². The number of rotatable bonds is 42. The summed E-state index contributed by atoms with van der Waals surface area (Å²) in [5, 5.41) is 0. The van der Waals surface area contributed by atoms with E-state index in [1.54, 1.807) is 0 Å². The summed E-state index contributed by atoms with van der Waals surface area (Å²) in [4.78, 5) is 37.6. The molecule has 0 saturated heterocycles. The number of phosphoric ester groups is 1. The lowest BCUT2D eigenvalue weighted by atomic mass is 10.1. The first kappa shape index (κ1) is 55.2. The Morgan fingerprint density at radius 1 is 0.544 bits per heavy atom. The van der Waals surface area contributed by atoms with Crippen molar-refractivity contribution in [1.29, 1.82) is 0 Å². The number of unbranched alkanes of at least 4 members (excludes halogenated alkanes) is 22. The van der Waals surface area contributed by atoms with Crippen LogP contribution in [-0.2, 0) is 32.7 Å². The van der Waals surface area contributed by atoms with Gasteiger partial charge in [-0.25, -0.2) is 0 Å². The largest absolute Gasteiger partial charge is 0.756 e. The molecule has 0 N–H and O–H groups in total. The quantitative estimate of drug-likeness (QED) is 0.0197. The van der Waals surface area contributed by atoms with E-state index in [0.717, 1.165) is 64.2 Å². The predicted octanol–water partition coefficient (Wildman–Crippen LogP) is 12.7. The van der Waals surface area contributed by atoms with Gasteiger partial charge in [0.25, 0.3) is 7.82 Å². The number of likely N-dealkylation sites (N-methyl/N-ethyl adjacent to an activating group) is 1. The molecular weight excluding hydrogens is 737 g/mol. The molecule has 0 aromatic heterocycles. The molecule has 0 rings (SSSR count). The third kappa shape index (κ3) is 43.6. The zero-order chi connectivity index (χ0) is 42.1.